The highest BCUT2D eigenvalue weighted by atomic mass is 35.5. The molecule has 102 valence electrons. The Morgan fingerprint density at radius 1 is 1.42 bits per heavy atom. The lowest BCUT2D eigenvalue weighted by Crippen LogP contribution is -2.32. The quantitative estimate of drug-likeness (QED) is 0.663. The van der Waals surface area contributed by atoms with E-state index in [2.05, 4.69) is 17.2 Å². The topological polar surface area (TPSA) is 38.3 Å². The molecule has 0 fully saturated rings. The number of benzene rings is 1. The van der Waals surface area contributed by atoms with Gasteiger partial charge < -0.3 is 10.1 Å². The second-order valence-electron chi connectivity index (χ2n) is 4.99. The van der Waals surface area contributed by atoms with Gasteiger partial charge in [-0.1, -0.05) is 29.5 Å². The van der Waals surface area contributed by atoms with Crippen molar-refractivity contribution in [3.05, 3.63) is 34.9 Å². The van der Waals surface area contributed by atoms with Crippen molar-refractivity contribution in [3.8, 4) is 11.8 Å². The summed E-state index contributed by atoms with van der Waals surface area (Å²) < 4.78 is 5.10. The fraction of sp³-hybridized carbons (Fsp3) is 0.400. The van der Waals surface area contributed by atoms with Crippen molar-refractivity contribution in [3.63, 3.8) is 0 Å². The molecule has 1 N–H and O–H groups in total. The lowest BCUT2D eigenvalue weighted by molar-refractivity contribution is 0.0529. The molecule has 0 heterocycles. The molecule has 1 rings (SSSR count). The second-order valence-corrected chi connectivity index (χ2v) is 5.43. The van der Waals surface area contributed by atoms with E-state index in [1.807, 2.05) is 32.9 Å². The second kappa shape index (κ2) is 7.06. The van der Waals surface area contributed by atoms with E-state index in [-0.39, 0.29) is 0 Å². The molecule has 1 amide bonds. The maximum atomic E-state index is 11.3. The Labute approximate surface area is 119 Å². The molecule has 1 aromatic carbocycles. The van der Waals surface area contributed by atoms with Gasteiger partial charge in [0.05, 0.1) is 0 Å². The number of carbonyl (C=O) groups excluding carboxylic acids is 1. The van der Waals surface area contributed by atoms with E-state index in [9.17, 15) is 4.79 Å². The maximum absolute atomic E-state index is 11.3. The molecule has 1 aromatic rings. The molecule has 0 atom stereocenters. The molecule has 4 heteroatoms. The van der Waals surface area contributed by atoms with E-state index in [4.69, 9.17) is 16.3 Å². The lowest BCUT2D eigenvalue weighted by Gasteiger charge is -2.19. The van der Waals surface area contributed by atoms with Crippen LogP contribution >= 0.6 is 11.6 Å². The minimum Gasteiger partial charge on any atom is -0.444 e. The third kappa shape index (κ3) is 7.38. The number of hydrogen-bond acceptors (Lipinski definition) is 2. The smallest absolute Gasteiger partial charge is 0.407 e. The minimum absolute atomic E-state index is 0.419. The van der Waals surface area contributed by atoms with Crippen LogP contribution in [0, 0.1) is 11.8 Å². The van der Waals surface area contributed by atoms with Crippen LogP contribution in [0.2, 0.25) is 5.02 Å². The summed E-state index contributed by atoms with van der Waals surface area (Å²) in [6.07, 6.45) is 0.142. The first-order valence-electron chi connectivity index (χ1n) is 6.08. The summed E-state index contributed by atoms with van der Waals surface area (Å²) in [4.78, 5) is 11.3. The van der Waals surface area contributed by atoms with Crippen molar-refractivity contribution in [2.24, 2.45) is 0 Å². The number of ether oxygens (including phenoxy) is 1. The number of rotatable bonds is 2. The van der Waals surface area contributed by atoms with Crippen molar-refractivity contribution in [1.29, 1.82) is 0 Å². The normalized spacial score (nSPS) is 10.3. The van der Waals surface area contributed by atoms with Crippen molar-refractivity contribution >= 4 is 17.7 Å². The van der Waals surface area contributed by atoms with Gasteiger partial charge in [-0.25, -0.2) is 4.79 Å². The van der Waals surface area contributed by atoms with Crippen LogP contribution in [-0.2, 0) is 4.74 Å². The Bertz CT molecular complexity index is 495. The van der Waals surface area contributed by atoms with E-state index in [0.717, 1.165) is 5.56 Å². The van der Waals surface area contributed by atoms with Crippen LogP contribution in [0.3, 0.4) is 0 Å². The molecular formula is C15H18ClNO2. The van der Waals surface area contributed by atoms with Gasteiger partial charge in [-0.2, -0.15) is 0 Å². The van der Waals surface area contributed by atoms with Gasteiger partial charge in [0, 0.05) is 23.6 Å². The predicted molar refractivity (Wildman–Crippen MR) is 77.2 cm³/mol. The molecule has 0 aliphatic rings. The number of hydrogen-bond donors (Lipinski definition) is 1. The minimum atomic E-state index is -0.476. The summed E-state index contributed by atoms with van der Waals surface area (Å²) in [5.74, 6) is 5.95. The Morgan fingerprint density at radius 3 is 2.79 bits per heavy atom. The molecule has 0 bridgehead atoms. The predicted octanol–water partition coefficient (Wildman–Crippen LogP) is 3.61. The lowest BCUT2D eigenvalue weighted by atomic mass is 10.2. The number of nitrogens with one attached hydrogen (secondary N) is 1. The third-order valence-corrected chi connectivity index (χ3v) is 2.21. The molecule has 0 saturated carbocycles. The highest BCUT2D eigenvalue weighted by Crippen LogP contribution is 2.09. The summed E-state index contributed by atoms with van der Waals surface area (Å²) in [7, 11) is 0. The van der Waals surface area contributed by atoms with Gasteiger partial charge in [0.25, 0.3) is 0 Å². The summed E-state index contributed by atoms with van der Waals surface area (Å²) >= 11 is 5.85. The number of halogens is 1. The van der Waals surface area contributed by atoms with Crippen LogP contribution < -0.4 is 5.32 Å². The highest BCUT2D eigenvalue weighted by Gasteiger charge is 2.15. The molecule has 3 nitrogen and oxygen atoms in total. The van der Waals surface area contributed by atoms with Crippen LogP contribution in [0.4, 0.5) is 4.79 Å². The Balaban J connectivity index is 2.30. The summed E-state index contributed by atoms with van der Waals surface area (Å²) in [5.41, 5.74) is 0.390. The molecule has 0 aromatic heterocycles. The fourth-order valence-corrected chi connectivity index (χ4v) is 1.46. The van der Waals surface area contributed by atoms with Gasteiger partial charge in [0.1, 0.15) is 5.60 Å². The standard InChI is InChI=1S/C15H18ClNO2/c1-15(2,3)19-14(18)17-10-5-4-7-12-8-6-9-13(16)11-12/h6,8-9,11H,5,10H2,1-3H3,(H,17,18). The average Bonchev–Trinajstić information content (AvgIpc) is 2.26. The van der Waals surface area contributed by atoms with Crippen LogP contribution in [0.5, 0.6) is 0 Å². The molecule has 19 heavy (non-hydrogen) atoms. The number of amides is 1. The van der Waals surface area contributed by atoms with Crippen LogP contribution in [-0.4, -0.2) is 18.2 Å². The van der Waals surface area contributed by atoms with Crippen LogP contribution in [0.25, 0.3) is 0 Å². The fourth-order valence-electron chi connectivity index (χ4n) is 1.27. The summed E-state index contributed by atoms with van der Waals surface area (Å²) in [6.45, 7) is 5.94. The Morgan fingerprint density at radius 2 is 2.16 bits per heavy atom. The van der Waals surface area contributed by atoms with Gasteiger partial charge in [-0.05, 0) is 39.0 Å². The van der Waals surface area contributed by atoms with Crippen molar-refractivity contribution in [2.45, 2.75) is 32.8 Å². The zero-order chi connectivity index (χ0) is 14.3. The number of alkyl carbamates (subject to hydrolysis) is 1. The molecule has 0 aliphatic carbocycles. The van der Waals surface area contributed by atoms with Crippen molar-refractivity contribution in [2.75, 3.05) is 6.54 Å². The van der Waals surface area contributed by atoms with E-state index in [1.54, 1.807) is 12.1 Å². The highest BCUT2D eigenvalue weighted by molar-refractivity contribution is 6.30. The average molecular weight is 280 g/mol. The molecule has 0 spiro atoms. The van der Waals surface area contributed by atoms with Gasteiger partial charge in [0.2, 0.25) is 0 Å². The van der Waals surface area contributed by atoms with Gasteiger partial charge >= 0.3 is 6.09 Å². The van der Waals surface area contributed by atoms with E-state index < -0.39 is 11.7 Å². The van der Waals surface area contributed by atoms with E-state index in [1.165, 1.54) is 0 Å². The monoisotopic (exact) mass is 279 g/mol. The van der Waals surface area contributed by atoms with Crippen molar-refractivity contribution in [1.82, 2.24) is 5.32 Å². The van der Waals surface area contributed by atoms with Gasteiger partial charge in [-0.15, -0.1) is 0 Å². The molecule has 0 radical (unpaired) electrons. The first kappa shape index (κ1) is 15.4. The first-order valence-corrected chi connectivity index (χ1v) is 6.46. The zero-order valence-corrected chi connectivity index (χ0v) is 12.2. The van der Waals surface area contributed by atoms with Crippen LogP contribution in [0.15, 0.2) is 24.3 Å². The largest absolute Gasteiger partial charge is 0.444 e. The Hall–Kier alpha value is -1.66. The molecule has 0 unspecified atom stereocenters. The van der Waals surface area contributed by atoms with Crippen LogP contribution in [0.1, 0.15) is 32.8 Å². The van der Waals surface area contributed by atoms with Crippen molar-refractivity contribution < 1.29 is 9.53 Å². The van der Waals surface area contributed by atoms with Gasteiger partial charge in [0.15, 0.2) is 0 Å². The maximum Gasteiger partial charge on any atom is 0.407 e. The number of carbonyl (C=O) groups is 1. The third-order valence-electron chi connectivity index (χ3n) is 1.98. The summed E-state index contributed by atoms with van der Waals surface area (Å²) in [5, 5.41) is 3.31. The first-order chi connectivity index (χ1) is 8.87. The molecular weight excluding hydrogens is 262 g/mol. The van der Waals surface area contributed by atoms with E-state index >= 15 is 0 Å². The zero-order valence-electron chi connectivity index (χ0n) is 11.4. The Kier molecular flexibility index (Phi) is 5.72. The summed E-state index contributed by atoms with van der Waals surface area (Å²) in [6, 6.07) is 7.35. The van der Waals surface area contributed by atoms with E-state index in [0.29, 0.717) is 18.0 Å². The molecule has 0 saturated heterocycles. The SMILES string of the molecule is CC(C)(C)OC(=O)NCCC#Cc1cccc(Cl)c1. The molecule has 0 aliphatic heterocycles. The van der Waals surface area contributed by atoms with Gasteiger partial charge in [-0.3, -0.25) is 0 Å².